The summed E-state index contributed by atoms with van der Waals surface area (Å²) in [4.78, 5) is 14.8. The van der Waals surface area contributed by atoms with Crippen LogP contribution in [0.1, 0.15) is 34.3 Å². The van der Waals surface area contributed by atoms with E-state index in [2.05, 4.69) is 10.3 Å². The summed E-state index contributed by atoms with van der Waals surface area (Å²) in [5, 5.41) is 9.10. The van der Waals surface area contributed by atoms with Crippen LogP contribution in [0, 0.1) is 6.92 Å². The van der Waals surface area contributed by atoms with Crippen molar-refractivity contribution in [3.63, 3.8) is 0 Å². The van der Waals surface area contributed by atoms with Gasteiger partial charge in [-0.05, 0) is 31.5 Å². The second-order valence-electron chi connectivity index (χ2n) is 6.78. The average Bonchev–Trinajstić information content (AvgIpc) is 3.26. The normalized spacial score (nSPS) is 22.7. The van der Waals surface area contributed by atoms with Gasteiger partial charge >= 0.3 is 0 Å². The smallest absolute Gasteiger partial charge is 0.289 e. The summed E-state index contributed by atoms with van der Waals surface area (Å²) in [5.41, 5.74) is 2.84. The van der Waals surface area contributed by atoms with Crippen LogP contribution >= 0.6 is 0 Å². The number of nitrogens with zero attached hydrogens (tertiary/aromatic N) is 4. The number of likely N-dealkylation sites (tertiary alicyclic amines) is 1. The molecule has 2 aromatic heterocycles. The van der Waals surface area contributed by atoms with Gasteiger partial charge in [-0.2, -0.15) is 0 Å². The highest BCUT2D eigenvalue weighted by Gasteiger charge is 2.38. The van der Waals surface area contributed by atoms with E-state index in [1.54, 1.807) is 6.20 Å². The fourth-order valence-corrected chi connectivity index (χ4v) is 3.79. The molecule has 5 rings (SSSR count). The number of aromatic nitrogens is 3. The Labute approximate surface area is 144 Å². The van der Waals surface area contributed by atoms with Crippen molar-refractivity contribution < 1.29 is 13.9 Å². The van der Waals surface area contributed by atoms with Crippen LogP contribution in [0.15, 0.2) is 34.9 Å². The van der Waals surface area contributed by atoms with Crippen molar-refractivity contribution in [3.8, 4) is 0 Å². The van der Waals surface area contributed by atoms with Gasteiger partial charge in [-0.1, -0.05) is 16.8 Å². The van der Waals surface area contributed by atoms with Crippen LogP contribution in [0.3, 0.4) is 0 Å². The minimum atomic E-state index is -0.0838. The zero-order valence-corrected chi connectivity index (χ0v) is 13.9. The molecular weight excluding hydrogens is 320 g/mol. The Hall–Kier alpha value is -2.67. The molecule has 1 saturated heterocycles. The van der Waals surface area contributed by atoms with Crippen molar-refractivity contribution in [1.29, 1.82) is 0 Å². The van der Waals surface area contributed by atoms with Crippen LogP contribution in [0.25, 0.3) is 11.0 Å². The molecule has 0 unspecified atom stereocenters. The number of hydrogen-bond donors (Lipinski definition) is 0. The molecule has 0 saturated carbocycles. The van der Waals surface area contributed by atoms with E-state index in [-0.39, 0.29) is 18.1 Å². The lowest BCUT2D eigenvalue weighted by atomic mass is 10.00. The van der Waals surface area contributed by atoms with E-state index in [0.717, 1.165) is 28.6 Å². The predicted octanol–water partition coefficient (Wildman–Crippen LogP) is 2.32. The lowest BCUT2D eigenvalue weighted by Gasteiger charge is -2.40. The Bertz CT molecular complexity index is 960. The van der Waals surface area contributed by atoms with Crippen LogP contribution in [0.4, 0.5) is 0 Å². The Morgan fingerprint density at radius 1 is 1.32 bits per heavy atom. The number of carbonyl (C=O) groups excluding carboxylic acids is 1. The molecule has 0 spiro atoms. The van der Waals surface area contributed by atoms with Crippen LogP contribution in [0.5, 0.6) is 0 Å². The molecule has 7 nitrogen and oxygen atoms in total. The third-order valence-corrected chi connectivity index (χ3v) is 5.10. The molecule has 7 heteroatoms. The van der Waals surface area contributed by atoms with Gasteiger partial charge in [0.2, 0.25) is 0 Å². The number of hydrogen-bond acceptors (Lipinski definition) is 5. The molecular formula is C18H18N4O3. The number of piperidine rings is 1. The monoisotopic (exact) mass is 338 g/mol. The van der Waals surface area contributed by atoms with Crippen molar-refractivity contribution in [1.82, 2.24) is 19.9 Å². The Morgan fingerprint density at radius 3 is 3.16 bits per heavy atom. The predicted molar refractivity (Wildman–Crippen MR) is 89.1 cm³/mol. The van der Waals surface area contributed by atoms with E-state index >= 15 is 0 Å². The van der Waals surface area contributed by atoms with Crippen LogP contribution < -0.4 is 0 Å². The molecule has 0 radical (unpaired) electrons. The maximum Gasteiger partial charge on any atom is 0.289 e. The van der Waals surface area contributed by atoms with Gasteiger partial charge in [-0.15, -0.1) is 5.10 Å². The number of furan rings is 1. The highest BCUT2D eigenvalue weighted by molar-refractivity contribution is 5.96. The summed E-state index contributed by atoms with van der Waals surface area (Å²) < 4.78 is 13.6. The van der Waals surface area contributed by atoms with Gasteiger partial charge < -0.3 is 14.1 Å². The molecule has 0 aliphatic carbocycles. The number of rotatable bonds is 1. The van der Waals surface area contributed by atoms with E-state index in [9.17, 15) is 4.79 Å². The molecule has 1 amide bonds. The second kappa shape index (κ2) is 5.42. The molecule has 2 atom stereocenters. The first kappa shape index (κ1) is 14.7. The second-order valence-corrected chi connectivity index (χ2v) is 6.78. The molecule has 25 heavy (non-hydrogen) atoms. The third-order valence-electron chi connectivity index (χ3n) is 5.10. The number of amides is 1. The molecule has 4 heterocycles. The zero-order chi connectivity index (χ0) is 17.0. The number of fused-ring (bicyclic) bond motifs is 4. The molecule has 128 valence electrons. The minimum Gasteiger partial charge on any atom is -0.451 e. The van der Waals surface area contributed by atoms with Gasteiger partial charge in [0.25, 0.3) is 5.91 Å². The average molecular weight is 338 g/mol. The quantitative estimate of drug-likeness (QED) is 0.681. The van der Waals surface area contributed by atoms with E-state index in [1.165, 1.54) is 0 Å². The molecule has 2 aliphatic heterocycles. The number of ether oxygens (including phenoxy) is 1. The summed E-state index contributed by atoms with van der Waals surface area (Å²) in [7, 11) is 0. The van der Waals surface area contributed by atoms with Crippen molar-refractivity contribution in [2.24, 2.45) is 0 Å². The van der Waals surface area contributed by atoms with Gasteiger partial charge in [0.1, 0.15) is 5.58 Å². The first-order chi connectivity index (χ1) is 12.2. The Balaban J connectivity index is 1.42. The molecule has 2 aliphatic rings. The molecule has 0 N–H and O–H groups in total. The van der Waals surface area contributed by atoms with Crippen molar-refractivity contribution in [3.05, 3.63) is 47.5 Å². The van der Waals surface area contributed by atoms with E-state index in [0.29, 0.717) is 25.5 Å². The molecule has 3 aromatic rings. The van der Waals surface area contributed by atoms with Crippen molar-refractivity contribution >= 4 is 16.9 Å². The van der Waals surface area contributed by atoms with Gasteiger partial charge in [0.05, 0.1) is 30.6 Å². The maximum atomic E-state index is 12.9. The fourth-order valence-electron chi connectivity index (χ4n) is 3.79. The largest absolute Gasteiger partial charge is 0.451 e. The number of aryl methyl sites for hydroxylation is 1. The van der Waals surface area contributed by atoms with Gasteiger partial charge in [-0.25, -0.2) is 4.68 Å². The lowest BCUT2D eigenvalue weighted by molar-refractivity contribution is -0.0608. The van der Waals surface area contributed by atoms with E-state index in [4.69, 9.17) is 9.15 Å². The number of benzene rings is 1. The SMILES string of the molecule is Cc1ccc2oc(C(=O)N3CC[C@@H]4OCc5cnnn5[C@H]4C3)cc2c1. The maximum absolute atomic E-state index is 12.9. The topological polar surface area (TPSA) is 73.4 Å². The summed E-state index contributed by atoms with van der Waals surface area (Å²) in [6.07, 6.45) is 2.59. The van der Waals surface area contributed by atoms with Crippen molar-refractivity contribution in [2.45, 2.75) is 32.1 Å². The third kappa shape index (κ3) is 2.34. The first-order valence-corrected chi connectivity index (χ1v) is 8.49. The highest BCUT2D eigenvalue weighted by atomic mass is 16.5. The van der Waals surface area contributed by atoms with Gasteiger partial charge in [-0.3, -0.25) is 4.79 Å². The Morgan fingerprint density at radius 2 is 2.24 bits per heavy atom. The van der Waals surface area contributed by atoms with Crippen LogP contribution in [0.2, 0.25) is 0 Å². The van der Waals surface area contributed by atoms with Crippen LogP contribution in [-0.4, -0.2) is 45.0 Å². The molecule has 1 fully saturated rings. The first-order valence-electron chi connectivity index (χ1n) is 8.49. The molecule has 0 bridgehead atoms. The van der Waals surface area contributed by atoms with Crippen LogP contribution in [-0.2, 0) is 11.3 Å². The zero-order valence-electron chi connectivity index (χ0n) is 13.9. The standard InChI is InChI=1S/C18H18N4O3/c1-11-2-3-15-12(6-11)7-17(25-15)18(23)21-5-4-16-14(9-21)22-13(10-24-16)8-19-20-22/h2-3,6-8,14,16H,4-5,9-10H2,1H3/t14-,16-/m0/s1. The lowest BCUT2D eigenvalue weighted by Crippen LogP contribution is -2.49. The van der Waals surface area contributed by atoms with Gasteiger partial charge in [0, 0.05) is 18.5 Å². The van der Waals surface area contributed by atoms with Crippen molar-refractivity contribution in [2.75, 3.05) is 13.1 Å². The number of carbonyl (C=O) groups is 1. The summed E-state index contributed by atoms with van der Waals surface area (Å²) in [6.45, 7) is 3.76. The van der Waals surface area contributed by atoms with E-state index in [1.807, 2.05) is 40.8 Å². The summed E-state index contributed by atoms with van der Waals surface area (Å²) in [6, 6.07) is 7.75. The minimum absolute atomic E-state index is 0.00979. The Kier molecular flexibility index (Phi) is 3.18. The fraction of sp³-hybridized carbons (Fsp3) is 0.389. The summed E-state index contributed by atoms with van der Waals surface area (Å²) in [5.74, 6) is 0.300. The summed E-state index contributed by atoms with van der Waals surface area (Å²) >= 11 is 0. The highest BCUT2D eigenvalue weighted by Crippen LogP contribution is 2.31. The van der Waals surface area contributed by atoms with E-state index < -0.39 is 0 Å². The molecule has 1 aromatic carbocycles. The van der Waals surface area contributed by atoms with Gasteiger partial charge in [0.15, 0.2) is 5.76 Å².